The van der Waals surface area contributed by atoms with E-state index < -0.39 is 5.97 Å². The molecule has 0 amide bonds. The van der Waals surface area contributed by atoms with E-state index in [0.29, 0.717) is 5.69 Å². The molecule has 30 heavy (non-hydrogen) atoms. The second-order valence-corrected chi connectivity index (χ2v) is 7.27. The minimum absolute atomic E-state index is 0.202. The van der Waals surface area contributed by atoms with Gasteiger partial charge in [0.25, 0.3) is 0 Å². The molecule has 6 nitrogen and oxygen atoms in total. The molecule has 0 atom stereocenters. The lowest BCUT2D eigenvalue weighted by molar-refractivity contribution is 0.0548. The van der Waals surface area contributed by atoms with Crippen molar-refractivity contribution < 1.29 is 14.6 Å². The summed E-state index contributed by atoms with van der Waals surface area (Å²) in [5.41, 5.74) is 8.44. The highest BCUT2D eigenvalue weighted by Crippen LogP contribution is 2.35. The van der Waals surface area contributed by atoms with Crippen LogP contribution >= 0.6 is 0 Å². The Morgan fingerprint density at radius 1 is 1.03 bits per heavy atom. The molecular weight excluding hydrogens is 378 g/mol. The van der Waals surface area contributed by atoms with Gasteiger partial charge in [-0.15, -0.1) is 0 Å². The van der Waals surface area contributed by atoms with Gasteiger partial charge in [0.1, 0.15) is 0 Å². The smallest absolute Gasteiger partial charge is 0.337 e. The van der Waals surface area contributed by atoms with Crippen molar-refractivity contribution in [3.05, 3.63) is 82.6 Å². The molecule has 154 valence electrons. The topological polar surface area (TPSA) is 74.2 Å². The molecule has 2 N–H and O–H groups in total. The fraction of sp³-hybridized carbons (Fsp3) is 0.250. The third-order valence-electron chi connectivity index (χ3n) is 5.30. The van der Waals surface area contributed by atoms with Crippen molar-refractivity contribution in [1.82, 2.24) is 4.90 Å². The van der Waals surface area contributed by atoms with Crippen LogP contribution in [0.4, 0.5) is 5.69 Å². The van der Waals surface area contributed by atoms with Gasteiger partial charge in [-0.2, -0.15) is 5.10 Å². The number of carboxylic acids is 1. The maximum Gasteiger partial charge on any atom is 0.337 e. The average molecular weight is 403 g/mol. The number of carboxylic acid groups (broad SMARTS) is 1. The zero-order valence-corrected chi connectivity index (χ0v) is 16.8. The molecule has 0 bridgehead atoms. The number of nitrogens with one attached hydrogen (secondary N) is 1. The standard InChI is InChI=1S/C24H25N3O3/c28-24(29)21-8-4-5-9-22(21)26-25-17-20-11-10-19(16-18-6-2-1-3-7-18)23(20)27-12-14-30-15-13-27/h1-9,16-17,26H,10-15H2,(H,28,29)/b19-16?,25-17-. The highest BCUT2D eigenvalue weighted by molar-refractivity contribution is 5.94. The maximum atomic E-state index is 11.4. The SMILES string of the molecule is O=C(O)c1ccccc1N/N=C\C1=C(N2CCOCC2)C(=Cc2ccccc2)CC1. The summed E-state index contributed by atoms with van der Waals surface area (Å²) in [7, 11) is 0. The number of hydrogen-bond donors (Lipinski definition) is 2. The summed E-state index contributed by atoms with van der Waals surface area (Å²) in [6.07, 6.45) is 5.93. The number of allylic oxidation sites excluding steroid dienone is 2. The van der Waals surface area contributed by atoms with Gasteiger partial charge in [0.05, 0.1) is 30.7 Å². The first-order valence-corrected chi connectivity index (χ1v) is 10.2. The molecule has 4 rings (SSSR count). The lowest BCUT2D eigenvalue weighted by atomic mass is 10.1. The van der Waals surface area contributed by atoms with E-state index >= 15 is 0 Å². The number of nitrogens with zero attached hydrogens (tertiary/aromatic N) is 2. The van der Waals surface area contributed by atoms with E-state index in [1.165, 1.54) is 16.8 Å². The van der Waals surface area contributed by atoms with Crippen molar-refractivity contribution in [3.63, 3.8) is 0 Å². The molecule has 0 spiro atoms. The van der Waals surface area contributed by atoms with E-state index in [1.807, 2.05) is 24.4 Å². The largest absolute Gasteiger partial charge is 0.478 e. The maximum absolute atomic E-state index is 11.4. The van der Waals surface area contributed by atoms with E-state index in [-0.39, 0.29) is 5.56 Å². The Labute approximate surface area is 176 Å². The van der Waals surface area contributed by atoms with Gasteiger partial charge in [-0.1, -0.05) is 42.5 Å². The Balaban J connectivity index is 1.61. The van der Waals surface area contributed by atoms with Crippen molar-refractivity contribution in [2.24, 2.45) is 5.10 Å². The number of para-hydroxylation sites is 1. The predicted octanol–water partition coefficient (Wildman–Crippen LogP) is 4.25. The van der Waals surface area contributed by atoms with Gasteiger partial charge in [-0.25, -0.2) is 4.79 Å². The number of ether oxygens (including phenoxy) is 1. The van der Waals surface area contributed by atoms with Crippen molar-refractivity contribution in [1.29, 1.82) is 0 Å². The minimum atomic E-state index is -0.976. The van der Waals surface area contributed by atoms with Crippen LogP contribution in [0.15, 0.2) is 76.5 Å². The highest BCUT2D eigenvalue weighted by Gasteiger charge is 2.25. The molecule has 1 saturated heterocycles. The van der Waals surface area contributed by atoms with E-state index in [1.54, 1.807) is 24.3 Å². The third-order valence-corrected chi connectivity index (χ3v) is 5.30. The molecule has 2 aromatic rings. The molecule has 0 radical (unpaired) electrons. The first kappa shape index (κ1) is 19.9. The van der Waals surface area contributed by atoms with Crippen molar-refractivity contribution in [2.45, 2.75) is 12.8 Å². The van der Waals surface area contributed by atoms with Crippen LogP contribution in [0.1, 0.15) is 28.8 Å². The fourth-order valence-corrected chi connectivity index (χ4v) is 3.87. The normalized spacial score (nSPS) is 18.4. The van der Waals surface area contributed by atoms with E-state index in [4.69, 9.17) is 4.74 Å². The number of anilines is 1. The molecule has 1 fully saturated rings. The fourth-order valence-electron chi connectivity index (χ4n) is 3.87. The van der Waals surface area contributed by atoms with Crippen LogP contribution in [0, 0.1) is 0 Å². The minimum Gasteiger partial charge on any atom is -0.478 e. The van der Waals surface area contributed by atoms with Crippen molar-refractivity contribution >= 4 is 23.9 Å². The van der Waals surface area contributed by atoms with Crippen LogP contribution in [0.3, 0.4) is 0 Å². The molecule has 1 aliphatic carbocycles. The van der Waals surface area contributed by atoms with Gasteiger partial charge < -0.3 is 14.7 Å². The number of hydrazone groups is 1. The Hall–Kier alpha value is -3.38. The molecule has 1 heterocycles. The number of aromatic carboxylic acids is 1. The van der Waals surface area contributed by atoms with Gasteiger partial charge in [-0.05, 0) is 47.8 Å². The van der Waals surface area contributed by atoms with Gasteiger partial charge in [-0.3, -0.25) is 5.43 Å². The van der Waals surface area contributed by atoms with Gasteiger partial charge in [0, 0.05) is 18.8 Å². The summed E-state index contributed by atoms with van der Waals surface area (Å²) in [4.78, 5) is 13.8. The van der Waals surface area contributed by atoms with Crippen LogP contribution in [0.2, 0.25) is 0 Å². The summed E-state index contributed by atoms with van der Waals surface area (Å²) < 4.78 is 5.54. The molecule has 0 unspecified atom stereocenters. The first-order chi connectivity index (χ1) is 14.7. The number of morpholine rings is 1. The zero-order valence-electron chi connectivity index (χ0n) is 16.8. The summed E-state index contributed by atoms with van der Waals surface area (Å²) in [5, 5.41) is 13.7. The zero-order chi connectivity index (χ0) is 20.8. The highest BCUT2D eigenvalue weighted by atomic mass is 16.5. The Kier molecular flexibility index (Phi) is 6.25. The summed E-state index contributed by atoms with van der Waals surface area (Å²) in [6, 6.07) is 17.1. The molecule has 2 aliphatic rings. The van der Waals surface area contributed by atoms with E-state index in [0.717, 1.165) is 44.7 Å². The lowest BCUT2D eigenvalue weighted by Crippen LogP contribution is -2.36. The number of rotatable bonds is 6. The van der Waals surface area contributed by atoms with Crippen molar-refractivity contribution in [3.8, 4) is 0 Å². The van der Waals surface area contributed by atoms with Crippen LogP contribution in [0.5, 0.6) is 0 Å². The first-order valence-electron chi connectivity index (χ1n) is 10.2. The number of benzene rings is 2. The summed E-state index contributed by atoms with van der Waals surface area (Å²) in [6.45, 7) is 3.15. The Morgan fingerprint density at radius 3 is 2.53 bits per heavy atom. The summed E-state index contributed by atoms with van der Waals surface area (Å²) >= 11 is 0. The molecule has 2 aromatic carbocycles. The van der Waals surface area contributed by atoms with Crippen LogP contribution in [-0.4, -0.2) is 48.5 Å². The molecule has 0 aromatic heterocycles. The molecular formula is C24H25N3O3. The summed E-state index contributed by atoms with van der Waals surface area (Å²) in [5.74, 6) is -0.976. The molecule has 1 aliphatic heterocycles. The second-order valence-electron chi connectivity index (χ2n) is 7.27. The van der Waals surface area contributed by atoms with Crippen LogP contribution in [-0.2, 0) is 4.74 Å². The number of carbonyl (C=O) groups is 1. The van der Waals surface area contributed by atoms with E-state index in [2.05, 4.69) is 33.6 Å². The van der Waals surface area contributed by atoms with Crippen LogP contribution < -0.4 is 5.43 Å². The second kappa shape index (κ2) is 9.41. The Morgan fingerprint density at radius 2 is 1.77 bits per heavy atom. The van der Waals surface area contributed by atoms with Crippen molar-refractivity contribution in [2.75, 3.05) is 31.7 Å². The quantitative estimate of drug-likeness (QED) is 0.557. The van der Waals surface area contributed by atoms with Gasteiger partial charge in [0.2, 0.25) is 0 Å². The molecule has 6 heteroatoms. The third kappa shape index (κ3) is 4.60. The predicted molar refractivity (Wildman–Crippen MR) is 119 cm³/mol. The van der Waals surface area contributed by atoms with E-state index in [9.17, 15) is 9.90 Å². The Bertz CT molecular complexity index is 990. The lowest BCUT2D eigenvalue weighted by Gasteiger charge is -2.31. The average Bonchev–Trinajstić information content (AvgIpc) is 3.17. The van der Waals surface area contributed by atoms with Gasteiger partial charge in [0.15, 0.2) is 0 Å². The molecule has 0 saturated carbocycles. The number of hydrogen-bond acceptors (Lipinski definition) is 5. The monoisotopic (exact) mass is 403 g/mol. The van der Waals surface area contributed by atoms with Crippen LogP contribution in [0.25, 0.3) is 6.08 Å². The van der Waals surface area contributed by atoms with Gasteiger partial charge >= 0.3 is 5.97 Å².